The van der Waals surface area contributed by atoms with Gasteiger partial charge in [0.2, 0.25) is 5.79 Å². The van der Waals surface area contributed by atoms with Gasteiger partial charge in [-0.3, -0.25) is 0 Å². The zero-order valence-corrected chi connectivity index (χ0v) is 8.08. The molecule has 0 spiro atoms. The third-order valence-electron chi connectivity index (χ3n) is 1.77. The molecule has 0 aromatic carbocycles. The van der Waals surface area contributed by atoms with Gasteiger partial charge in [-0.05, 0) is 6.92 Å². The topological polar surface area (TPSA) is 57.2 Å². The first-order valence-electron chi connectivity index (χ1n) is 3.42. The number of hydrogen-bond donors (Lipinski definition) is 1. The molecule has 1 unspecified atom stereocenters. The van der Waals surface area contributed by atoms with E-state index in [0.29, 0.717) is 0 Å². The molecular formula is C7H16O5. The Labute approximate surface area is 72.2 Å². The van der Waals surface area contributed by atoms with Gasteiger partial charge < -0.3 is 24.1 Å². The number of aliphatic hydroxyl groups is 1. The zero-order chi connectivity index (χ0) is 9.83. The molecule has 0 aromatic rings. The van der Waals surface area contributed by atoms with Gasteiger partial charge in [-0.2, -0.15) is 0 Å². The van der Waals surface area contributed by atoms with Crippen molar-refractivity contribution in [3.8, 4) is 0 Å². The minimum absolute atomic E-state index is 1.33. The van der Waals surface area contributed by atoms with E-state index < -0.39 is 11.8 Å². The molecule has 0 rings (SSSR count). The number of rotatable bonds is 5. The van der Waals surface area contributed by atoms with Crippen molar-refractivity contribution < 1.29 is 24.1 Å². The molecule has 1 atom stereocenters. The lowest BCUT2D eigenvalue weighted by molar-refractivity contribution is -0.466. The summed E-state index contributed by atoms with van der Waals surface area (Å²) in [7, 11) is 5.37. The highest BCUT2D eigenvalue weighted by Crippen LogP contribution is 2.27. The van der Waals surface area contributed by atoms with E-state index in [4.69, 9.17) is 18.9 Å². The largest absolute Gasteiger partial charge is 0.359 e. The molecule has 0 aromatic heterocycles. The van der Waals surface area contributed by atoms with Crippen LogP contribution in [0.4, 0.5) is 0 Å². The van der Waals surface area contributed by atoms with Crippen LogP contribution in [0.1, 0.15) is 6.92 Å². The standard InChI is InChI=1S/C7H16O5/c1-6(8,9-2)7(10-3,11-4)12-5/h8H,1-5H3. The highest BCUT2D eigenvalue weighted by Gasteiger charge is 2.50. The van der Waals surface area contributed by atoms with Crippen molar-refractivity contribution in [2.75, 3.05) is 28.4 Å². The van der Waals surface area contributed by atoms with Gasteiger partial charge in [0, 0.05) is 28.4 Å². The highest BCUT2D eigenvalue weighted by atomic mass is 16.9. The van der Waals surface area contributed by atoms with Crippen LogP contribution in [0.2, 0.25) is 0 Å². The molecule has 0 radical (unpaired) electrons. The van der Waals surface area contributed by atoms with E-state index in [1.165, 1.54) is 35.4 Å². The zero-order valence-electron chi connectivity index (χ0n) is 8.08. The highest BCUT2D eigenvalue weighted by molar-refractivity contribution is 4.73. The molecule has 0 bridgehead atoms. The monoisotopic (exact) mass is 180 g/mol. The average Bonchev–Trinajstić information content (AvgIpc) is 2.08. The third-order valence-corrected chi connectivity index (χ3v) is 1.77. The molecule has 0 aliphatic rings. The number of methoxy groups -OCH3 is 4. The molecule has 1 N–H and O–H groups in total. The van der Waals surface area contributed by atoms with E-state index in [0.717, 1.165) is 0 Å². The summed E-state index contributed by atoms with van der Waals surface area (Å²) in [6.07, 6.45) is 0. The van der Waals surface area contributed by atoms with E-state index in [1.54, 1.807) is 0 Å². The minimum atomic E-state index is -1.66. The first-order chi connectivity index (χ1) is 5.49. The maximum atomic E-state index is 9.64. The van der Waals surface area contributed by atoms with E-state index in [1.807, 2.05) is 0 Å². The van der Waals surface area contributed by atoms with Crippen molar-refractivity contribution in [1.29, 1.82) is 0 Å². The fraction of sp³-hybridized carbons (Fsp3) is 1.00. The normalized spacial score (nSPS) is 17.5. The first kappa shape index (κ1) is 11.8. The summed E-state index contributed by atoms with van der Waals surface area (Å²) in [5.41, 5.74) is 0. The van der Waals surface area contributed by atoms with E-state index in [-0.39, 0.29) is 0 Å². The molecule has 0 fully saturated rings. The fourth-order valence-corrected chi connectivity index (χ4v) is 0.943. The van der Waals surface area contributed by atoms with Gasteiger partial charge >= 0.3 is 5.97 Å². The molecule has 0 heterocycles. The van der Waals surface area contributed by atoms with Crippen LogP contribution >= 0.6 is 0 Å². The second-order valence-corrected chi connectivity index (χ2v) is 2.36. The Kier molecular flexibility index (Phi) is 4.09. The van der Waals surface area contributed by atoms with Crippen molar-refractivity contribution in [1.82, 2.24) is 0 Å². The van der Waals surface area contributed by atoms with Crippen LogP contribution in [0.25, 0.3) is 0 Å². The van der Waals surface area contributed by atoms with E-state index in [2.05, 4.69) is 0 Å². The maximum Gasteiger partial charge on any atom is 0.339 e. The summed E-state index contributed by atoms with van der Waals surface area (Å²) in [4.78, 5) is 0. The van der Waals surface area contributed by atoms with Gasteiger partial charge in [0.15, 0.2) is 0 Å². The molecule has 0 aliphatic carbocycles. The lowest BCUT2D eigenvalue weighted by Crippen LogP contribution is -2.57. The van der Waals surface area contributed by atoms with Crippen LogP contribution in [0.5, 0.6) is 0 Å². The van der Waals surface area contributed by atoms with Gasteiger partial charge in [-0.1, -0.05) is 0 Å². The Morgan fingerprint density at radius 2 is 1.17 bits per heavy atom. The summed E-state index contributed by atoms with van der Waals surface area (Å²) in [5, 5.41) is 9.64. The summed E-state index contributed by atoms with van der Waals surface area (Å²) in [5.74, 6) is -3.26. The Morgan fingerprint density at radius 3 is 1.25 bits per heavy atom. The lowest BCUT2D eigenvalue weighted by atomic mass is 10.2. The molecule has 12 heavy (non-hydrogen) atoms. The van der Waals surface area contributed by atoms with Gasteiger partial charge in [0.25, 0.3) is 0 Å². The summed E-state index contributed by atoms with van der Waals surface area (Å²) >= 11 is 0. The van der Waals surface area contributed by atoms with Crippen LogP contribution < -0.4 is 0 Å². The van der Waals surface area contributed by atoms with Crippen molar-refractivity contribution in [3.63, 3.8) is 0 Å². The molecule has 5 nitrogen and oxygen atoms in total. The summed E-state index contributed by atoms with van der Waals surface area (Å²) < 4.78 is 19.4. The minimum Gasteiger partial charge on any atom is -0.359 e. The number of ether oxygens (including phenoxy) is 4. The Balaban J connectivity index is 4.69. The second-order valence-electron chi connectivity index (χ2n) is 2.36. The molecule has 0 amide bonds. The molecule has 0 saturated carbocycles. The van der Waals surface area contributed by atoms with E-state index in [9.17, 15) is 5.11 Å². The fourth-order valence-electron chi connectivity index (χ4n) is 0.943. The Hall–Kier alpha value is -0.200. The average molecular weight is 180 g/mol. The van der Waals surface area contributed by atoms with Gasteiger partial charge in [0.05, 0.1) is 0 Å². The predicted octanol–water partition coefficient (Wildman–Crippen LogP) is -0.0657. The van der Waals surface area contributed by atoms with Gasteiger partial charge in [-0.15, -0.1) is 0 Å². The summed E-state index contributed by atoms with van der Waals surface area (Å²) in [6, 6.07) is 0. The molecule has 5 heteroatoms. The second kappa shape index (κ2) is 4.15. The van der Waals surface area contributed by atoms with Crippen LogP contribution in [-0.4, -0.2) is 45.3 Å². The van der Waals surface area contributed by atoms with Crippen molar-refractivity contribution in [2.45, 2.75) is 18.7 Å². The Morgan fingerprint density at radius 1 is 0.833 bits per heavy atom. The molecular weight excluding hydrogens is 164 g/mol. The van der Waals surface area contributed by atoms with Gasteiger partial charge in [-0.25, -0.2) is 0 Å². The molecule has 74 valence electrons. The predicted molar refractivity (Wildman–Crippen MR) is 41.4 cm³/mol. The third kappa shape index (κ3) is 1.75. The molecule has 0 saturated heterocycles. The molecule has 0 aliphatic heterocycles. The van der Waals surface area contributed by atoms with Crippen LogP contribution in [0.3, 0.4) is 0 Å². The number of hydrogen-bond acceptors (Lipinski definition) is 5. The van der Waals surface area contributed by atoms with Crippen LogP contribution in [0, 0.1) is 0 Å². The van der Waals surface area contributed by atoms with E-state index >= 15 is 0 Å². The van der Waals surface area contributed by atoms with Crippen molar-refractivity contribution in [3.05, 3.63) is 0 Å². The lowest BCUT2D eigenvalue weighted by Gasteiger charge is -2.38. The quantitative estimate of drug-likeness (QED) is 0.600. The van der Waals surface area contributed by atoms with Gasteiger partial charge in [0.1, 0.15) is 0 Å². The first-order valence-corrected chi connectivity index (χ1v) is 3.42. The summed E-state index contributed by atoms with van der Waals surface area (Å²) in [6.45, 7) is 1.38. The maximum absolute atomic E-state index is 9.64. The van der Waals surface area contributed by atoms with Crippen LogP contribution in [-0.2, 0) is 18.9 Å². The van der Waals surface area contributed by atoms with Crippen molar-refractivity contribution >= 4 is 0 Å². The Bertz CT molecular complexity index is 121. The smallest absolute Gasteiger partial charge is 0.339 e. The van der Waals surface area contributed by atoms with Crippen LogP contribution in [0.15, 0.2) is 0 Å². The SMILES string of the molecule is COC(C)(O)C(OC)(OC)OC. The van der Waals surface area contributed by atoms with Crippen molar-refractivity contribution in [2.24, 2.45) is 0 Å².